The van der Waals surface area contributed by atoms with Gasteiger partial charge in [-0.25, -0.2) is 8.42 Å². The number of benzene rings is 2. The van der Waals surface area contributed by atoms with Crippen molar-refractivity contribution in [1.82, 2.24) is 4.31 Å². The van der Waals surface area contributed by atoms with Crippen molar-refractivity contribution in [3.63, 3.8) is 0 Å². The van der Waals surface area contributed by atoms with Gasteiger partial charge in [0.2, 0.25) is 15.9 Å². The van der Waals surface area contributed by atoms with Gasteiger partial charge in [-0.15, -0.1) is 11.8 Å². The van der Waals surface area contributed by atoms with Crippen LogP contribution >= 0.6 is 11.8 Å². The number of thioether (sulfide) groups is 1. The Morgan fingerprint density at radius 2 is 1.65 bits per heavy atom. The van der Waals surface area contributed by atoms with Crippen molar-refractivity contribution >= 4 is 33.4 Å². The molecule has 7 heteroatoms. The second-order valence-corrected chi connectivity index (χ2v) is 8.94. The summed E-state index contributed by atoms with van der Waals surface area (Å²) in [6.45, 7) is 0.718. The zero-order chi connectivity index (χ0) is 18.6. The number of carbonyl (C=O) groups excluding carboxylic acids is 1. The topological polar surface area (TPSA) is 66.5 Å². The minimum absolute atomic E-state index is 0.0437. The van der Waals surface area contributed by atoms with Crippen LogP contribution in [0, 0.1) is 5.92 Å². The highest BCUT2D eigenvalue weighted by Crippen LogP contribution is 2.30. The van der Waals surface area contributed by atoms with Gasteiger partial charge in [0.15, 0.2) is 0 Å². The predicted octanol–water partition coefficient (Wildman–Crippen LogP) is 3.45. The smallest absolute Gasteiger partial charge is 0.244 e. The highest BCUT2D eigenvalue weighted by atomic mass is 32.2. The van der Waals surface area contributed by atoms with Crippen molar-refractivity contribution in [2.45, 2.75) is 22.6 Å². The van der Waals surface area contributed by atoms with Gasteiger partial charge in [0.05, 0.1) is 4.90 Å². The summed E-state index contributed by atoms with van der Waals surface area (Å²) >= 11 is 1.42. The van der Waals surface area contributed by atoms with E-state index in [-0.39, 0.29) is 11.8 Å². The first-order valence-corrected chi connectivity index (χ1v) is 11.2. The number of hydrogen-bond acceptors (Lipinski definition) is 4. The molecular weight excluding hydrogens is 368 g/mol. The van der Waals surface area contributed by atoms with Crippen LogP contribution in [0.4, 0.5) is 5.69 Å². The van der Waals surface area contributed by atoms with Gasteiger partial charge < -0.3 is 5.32 Å². The molecule has 0 bridgehead atoms. The third-order valence-electron chi connectivity index (χ3n) is 4.55. The summed E-state index contributed by atoms with van der Waals surface area (Å²) in [6.07, 6.45) is 2.92. The number of carbonyl (C=O) groups is 1. The number of sulfonamides is 1. The van der Waals surface area contributed by atoms with Gasteiger partial charge in [-0.05, 0) is 43.4 Å². The van der Waals surface area contributed by atoms with Gasteiger partial charge in [0.25, 0.3) is 0 Å². The maximum atomic E-state index is 12.9. The molecule has 2 aromatic carbocycles. The molecule has 0 aromatic heterocycles. The van der Waals surface area contributed by atoms with Crippen LogP contribution in [0.2, 0.25) is 0 Å². The molecule has 1 aliphatic heterocycles. The van der Waals surface area contributed by atoms with Gasteiger partial charge in [-0.3, -0.25) is 4.79 Å². The van der Waals surface area contributed by atoms with Crippen LogP contribution in [-0.2, 0) is 14.8 Å². The quantitative estimate of drug-likeness (QED) is 0.794. The Morgan fingerprint density at radius 3 is 2.31 bits per heavy atom. The second kappa shape index (κ2) is 8.24. The molecule has 0 spiro atoms. The minimum Gasteiger partial charge on any atom is -0.326 e. The van der Waals surface area contributed by atoms with E-state index in [1.165, 1.54) is 16.1 Å². The van der Waals surface area contributed by atoms with Gasteiger partial charge in [-0.1, -0.05) is 30.3 Å². The van der Waals surface area contributed by atoms with Gasteiger partial charge in [0, 0.05) is 29.6 Å². The van der Waals surface area contributed by atoms with Crippen LogP contribution in [0.1, 0.15) is 12.8 Å². The Morgan fingerprint density at radius 1 is 1.04 bits per heavy atom. The minimum atomic E-state index is -3.53. The van der Waals surface area contributed by atoms with Crippen LogP contribution in [0.5, 0.6) is 0 Å². The fourth-order valence-electron chi connectivity index (χ4n) is 3.10. The van der Waals surface area contributed by atoms with E-state index in [0.717, 1.165) is 10.6 Å². The highest BCUT2D eigenvalue weighted by molar-refractivity contribution is 7.99. The summed E-state index contributed by atoms with van der Waals surface area (Å²) in [5, 5.41) is 2.90. The van der Waals surface area contributed by atoms with Crippen LogP contribution < -0.4 is 5.32 Å². The van der Waals surface area contributed by atoms with Crippen LogP contribution in [0.3, 0.4) is 0 Å². The molecule has 1 heterocycles. The molecule has 1 saturated heterocycles. The molecule has 138 valence electrons. The summed E-state index contributed by atoms with van der Waals surface area (Å²) in [6, 6.07) is 16.4. The zero-order valence-electron chi connectivity index (χ0n) is 14.6. The molecule has 1 aliphatic rings. The molecule has 0 radical (unpaired) electrons. The monoisotopic (exact) mass is 390 g/mol. The molecule has 2 aromatic rings. The second-order valence-electron chi connectivity index (χ2n) is 6.18. The van der Waals surface area contributed by atoms with E-state index >= 15 is 0 Å². The first-order valence-electron chi connectivity index (χ1n) is 8.51. The first kappa shape index (κ1) is 18.9. The van der Waals surface area contributed by atoms with Gasteiger partial charge in [-0.2, -0.15) is 4.31 Å². The van der Waals surface area contributed by atoms with Gasteiger partial charge in [0.1, 0.15) is 0 Å². The van der Waals surface area contributed by atoms with Crippen molar-refractivity contribution < 1.29 is 13.2 Å². The Hall–Kier alpha value is -1.83. The van der Waals surface area contributed by atoms with Crippen molar-refractivity contribution in [3.05, 3.63) is 54.6 Å². The average molecular weight is 391 g/mol. The van der Waals surface area contributed by atoms with Crippen molar-refractivity contribution in [3.8, 4) is 0 Å². The summed E-state index contributed by atoms with van der Waals surface area (Å²) in [4.78, 5) is 13.5. The van der Waals surface area contributed by atoms with E-state index in [4.69, 9.17) is 0 Å². The van der Waals surface area contributed by atoms with Crippen LogP contribution in [0.25, 0.3) is 0 Å². The Balaban J connectivity index is 1.65. The van der Waals surface area contributed by atoms with E-state index in [0.29, 0.717) is 30.8 Å². The summed E-state index contributed by atoms with van der Waals surface area (Å²) in [5.41, 5.74) is 0.765. The average Bonchev–Trinajstić information content (AvgIpc) is 2.68. The van der Waals surface area contributed by atoms with Crippen LogP contribution in [0.15, 0.2) is 64.4 Å². The number of piperidine rings is 1. The molecule has 0 atom stereocenters. The first-order chi connectivity index (χ1) is 12.5. The number of nitrogens with one attached hydrogen (secondary N) is 1. The fourth-order valence-corrected chi connectivity index (χ4v) is 5.69. The van der Waals surface area contributed by atoms with Crippen molar-refractivity contribution in [1.29, 1.82) is 0 Å². The van der Waals surface area contributed by atoms with E-state index in [1.807, 2.05) is 48.7 Å². The predicted molar refractivity (Wildman–Crippen MR) is 105 cm³/mol. The number of amides is 1. The molecule has 3 rings (SSSR count). The number of nitrogens with zero attached hydrogens (tertiary/aromatic N) is 1. The lowest BCUT2D eigenvalue weighted by Gasteiger charge is -2.31. The van der Waals surface area contributed by atoms with Crippen molar-refractivity contribution in [2.75, 3.05) is 24.7 Å². The van der Waals surface area contributed by atoms with Crippen LogP contribution in [-0.4, -0.2) is 38.0 Å². The molecule has 0 saturated carbocycles. The molecule has 1 fully saturated rings. The number of para-hydroxylation sites is 1. The molecule has 26 heavy (non-hydrogen) atoms. The van der Waals surface area contributed by atoms with Crippen molar-refractivity contribution in [2.24, 2.45) is 5.92 Å². The van der Waals surface area contributed by atoms with E-state index in [1.54, 1.807) is 12.1 Å². The third-order valence-corrected chi connectivity index (χ3v) is 7.43. The lowest BCUT2D eigenvalue weighted by Crippen LogP contribution is -2.41. The maximum Gasteiger partial charge on any atom is 0.244 e. The van der Waals surface area contributed by atoms with E-state index in [9.17, 15) is 13.2 Å². The molecule has 5 nitrogen and oxygen atoms in total. The number of hydrogen-bond donors (Lipinski definition) is 1. The summed E-state index contributed by atoms with van der Waals surface area (Å²) in [5.74, 6) is -0.213. The number of anilines is 1. The molecular formula is C19H22N2O3S2. The Kier molecular flexibility index (Phi) is 6.01. The lowest BCUT2D eigenvalue weighted by atomic mass is 9.97. The summed E-state index contributed by atoms with van der Waals surface area (Å²) in [7, 11) is -3.53. The van der Waals surface area contributed by atoms with E-state index < -0.39 is 10.0 Å². The molecule has 0 aliphatic carbocycles. The van der Waals surface area contributed by atoms with Gasteiger partial charge >= 0.3 is 0 Å². The maximum absolute atomic E-state index is 12.9. The largest absolute Gasteiger partial charge is 0.326 e. The molecule has 1 amide bonds. The molecule has 1 N–H and O–H groups in total. The third kappa shape index (κ3) is 4.11. The fraction of sp³-hybridized carbons (Fsp3) is 0.316. The Labute approximate surface area is 158 Å². The Bertz CT molecular complexity index is 861. The zero-order valence-corrected chi connectivity index (χ0v) is 16.2. The standard InChI is InChI=1S/C19H22N2O3S2/c1-25-17-9-5-6-10-18(17)26(23,24)21-13-11-15(12-14-21)19(22)20-16-7-3-2-4-8-16/h2-10,15H,11-14H2,1H3,(H,20,22). The highest BCUT2D eigenvalue weighted by Gasteiger charge is 2.33. The SMILES string of the molecule is CSc1ccccc1S(=O)(=O)N1CCC(C(=O)Nc2ccccc2)CC1. The number of rotatable bonds is 5. The lowest BCUT2D eigenvalue weighted by molar-refractivity contribution is -0.120. The van der Waals surface area contributed by atoms with E-state index in [2.05, 4.69) is 5.32 Å². The normalized spacial score (nSPS) is 16.3. The molecule has 0 unspecified atom stereocenters. The summed E-state index contributed by atoms with van der Waals surface area (Å²) < 4.78 is 27.4.